The SMILES string of the molecule is O=C(O)COc1cc(Cl)c(Cc2ccc(O)c(-c3cccc(F)c3)c2)c(Cl)c1. The lowest BCUT2D eigenvalue weighted by atomic mass is 9.98. The largest absolute Gasteiger partial charge is 0.507 e. The van der Waals surface area contributed by atoms with Crippen molar-refractivity contribution >= 4 is 29.2 Å². The van der Waals surface area contributed by atoms with Gasteiger partial charge in [0, 0.05) is 22.0 Å². The number of phenols is 1. The molecule has 0 spiro atoms. The summed E-state index contributed by atoms with van der Waals surface area (Å²) in [4.78, 5) is 10.6. The number of aromatic hydroxyl groups is 1. The van der Waals surface area contributed by atoms with E-state index in [9.17, 15) is 14.3 Å². The Morgan fingerprint density at radius 3 is 2.39 bits per heavy atom. The minimum atomic E-state index is -1.11. The van der Waals surface area contributed by atoms with Gasteiger partial charge in [-0.15, -0.1) is 0 Å². The Morgan fingerprint density at radius 2 is 1.75 bits per heavy atom. The topological polar surface area (TPSA) is 66.8 Å². The molecule has 144 valence electrons. The lowest BCUT2D eigenvalue weighted by Gasteiger charge is -2.12. The summed E-state index contributed by atoms with van der Waals surface area (Å²) in [5, 5.41) is 19.5. The third-order valence-corrected chi connectivity index (χ3v) is 4.73. The van der Waals surface area contributed by atoms with Gasteiger partial charge in [-0.1, -0.05) is 41.4 Å². The Labute approximate surface area is 170 Å². The standard InChI is InChI=1S/C21H15Cl2FO4/c22-18-9-15(28-11-21(26)27)10-19(23)17(18)7-12-4-5-20(25)16(6-12)13-2-1-3-14(24)8-13/h1-6,8-10,25H,7,11H2,(H,26,27). The Balaban J connectivity index is 1.90. The van der Waals surface area contributed by atoms with Gasteiger partial charge < -0.3 is 14.9 Å². The number of hydrogen-bond donors (Lipinski definition) is 2. The van der Waals surface area contributed by atoms with Crippen molar-refractivity contribution < 1.29 is 24.1 Å². The summed E-state index contributed by atoms with van der Waals surface area (Å²) in [5.41, 5.74) is 2.47. The molecule has 0 heterocycles. The molecule has 0 saturated heterocycles. The summed E-state index contributed by atoms with van der Waals surface area (Å²) in [6, 6.07) is 13.9. The van der Waals surface area contributed by atoms with Crippen molar-refractivity contribution in [2.75, 3.05) is 6.61 Å². The number of aliphatic carboxylic acids is 1. The fraction of sp³-hybridized carbons (Fsp3) is 0.0952. The first-order valence-corrected chi connectivity index (χ1v) is 8.99. The van der Waals surface area contributed by atoms with Crippen LogP contribution in [0.2, 0.25) is 10.0 Å². The molecule has 28 heavy (non-hydrogen) atoms. The van der Waals surface area contributed by atoms with Gasteiger partial charge in [-0.3, -0.25) is 0 Å². The van der Waals surface area contributed by atoms with Gasteiger partial charge in [0.05, 0.1) is 0 Å². The first kappa shape index (κ1) is 20.0. The monoisotopic (exact) mass is 420 g/mol. The molecule has 0 atom stereocenters. The minimum absolute atomic E-state index is 0.0314. The molecule has 7 heteroatoms. The average molecular weight is 421 g/mol. The highest BCUT2D eigenvalue weighted by atomic mass is 35.5. The summed E-state index contributed by atoms with van der Waals surface area (Å²) in [5.74, 6) is -1.22. The van der Waals surface area contributed by atoms with Crippen LogP contribution in [0.3, 0.4) is 0 Å². The van der Waals surface area contributed by atoms with Crippen molar-refractivity contribution in [2.24, 2.45) is 0 Å². The van der Waals surface area contributed by atoms with Crippen LogP contribution in [-0.2, 0) is 11.2 Å². The normalized spacial score (nSPS) is 10.7. The molecule has 0 fully saturated rings. The van der Waals surface area contributed by atoms with Crippen LogP contribution in [0.25, 0.3) is 11.1 Å². The van der Waals surface area contributed by atoms with Crippen LogP contribution in [0.5, 0.6) is 11.5 Å². The molecular weight excluding hydrogens is 406 g/mol. The molecule has 2 N–H and O–H groups in total. The number of halogens is 3. The zero-order valence-electron chi connectivity index (χ0n) is 14.5. The number of carboxylic acid groups (broad SMARTS) is 1. The second-order valence-electron chi connectivity index (χ2n) is 6.09. The van der Waals surface area contributed by atoms with Crippen LogP contribution in [-0.4, -0.2) is 22.8 Å². The highest BCUT2D eigenvalue weighted by Gasteiger charge is 2.13. The molecule has 3 aromatic carbocycles. The summed E-state index contributed by atoms with van der Waals surface area (Å²) in [7, 11) is 0. The average Bonchev–Trinajstić information content (AvgIpc) is 2.64. The quantitative estimate of drug-likeness (QED) is 0.547. The number of carbonyl (C=O) groups is 1. The number of rotatable bonds is 6. The van der Waals surface area contributed by atoms with Crippen LogP contribution < -0.4 is 4.74 Å². The van der Waals surface area contributed by atoms with Crippen LogP contribution in [0.4, 0.5) is 4.39 Å². The van der Waals surface area contributed by atoms with E-state index in [2.05, 4.69) is 0 Å². The van der Waals surface area contributed by atoms with Crippen molar-refractivity contribution in [1.82, 2.24) is 0 Å². The van der Waals surface area contributed by atoms with Gasteiger partial charge in [0.15, 0.2) is 6.61 Å². The van der Waals surface area contributed by atoms with Gasteiger partial charge in [0.2, 0.25) is 0 Å². The number of carboxylic acids is 1. The summed E-state index contributed by atoms with van der Waals surface area (Å²) >= 11 is 12.6. The van der Waals surface area contributed by atoms with E-state index >= 15 is 0 Å². The van der Waals surface area contributed by atoms with Gasteiger partial charge in [-0.2, -0.15) is 0 Å². The molecule has 0 aliphatic carbocycles. The van der Waals surface area contributed by atoms with E-state index in [4.69, 9.17) is 33.0 Å². The van der Waals surface area contributed by atoms with E-state index in [1.165, 1.54) is 30.3 Å². The summed E-state index contributed by atoms with van der Waals surface area (Å²) < 4.78 is 18.6. The first-order valence-electron chi connectivity index (χ1n) is 8.24. The fourth-order valence-corrected chi connectivity index (χ4v) is 3.36. The smallest absolute Gasteiger partial charge is 0.341 e. The number of ether oxygens (including phenoxy) is 1. The van der Waals surface area contributed by atoms with Crippen molar-refractivity contribution in [3.8, 4) is 22.6 Å². The van der Waals surface area contributed by atoms with E-state index in [-0.39, 0.29) is 11.5 Å². The fourth-order valence-electron chi connectivity index (χ4n) is 2.76. The minimum Gasteiger partial charge on any atom is -0.507 e. The molecule has 0 saturated carbocycles. The van der Waals surface area contributed by atoms with Crippen molar-refractivity contribution in [3.63, 3.8) is 0 Å². The maximum Gasteiger partial charge on any atom is 0.341 e. The maximum atomic E-state index is 13.5. The molecule has 0 unspecified atom stereocenters. The van der Waals surface area contributed by atoms with E-state index in [1.807, 2.05) is 0 Å². The Kier molecular flexibility index (Phi) is 6.07. The third-order valence-electron chi connectivity index (χ3n) is 4.05. The van der Waals surface area contributed by atoms with Gasteiger partial charge in [0.25, 0.3) is 0 Å². The van der Waals surface area contributed by atoms with Crippen LogP contribution >= 0.6 is 23.2 Å². The second kappa shape index (κ2) is 8.50. The summed E-state index contributed by atoms with van der Waals surface area (Å²) in [6.45, 7) is -0.499. The van der Waals surface area contributed by atoms with Gasteiger partial charge in [0.1, 0.15) is 17.3 Å². The van der Waals surface area contributed by atoms with E-state index < -0.39 is 18.4 Å². The van der Waals surface area contributed by atoms with Gasteiger partial charge in [-0.25, -0.2) is 9.18 Å². The van der Waals surface area contributed by atoms with Crippen molar-refractivity contribution in [2.45, 2.75) is 6.42 Å². The predicted octanol–water partition coefficient (Wildman–Crippen LogP) is 5.56. The molecule has 0 aliphatic rings. The first-order chi connectivity index (χ1) is 13.3. The molecule has 0 radical (unpaired) electrons. The van der Waals surface area contributed by atoms with Crippen molar-refractivity contribution in [3.05, 3.63) is 81.6 Å². The van der Waals surface area contributed by atoms with E-state index in [0.717, 1.165) is 5.56 Å². The second-order valence-corrected chi connectivity index (χ2v) is 6.90. The zero-order valence-corrected chi connectivity index (χ0v) is 16.0. The Hall–Kier alpha value is -2.76. The Morgan fingerprint density at radius 1 is 1.04 bits per heavy atom. The molecule has 0 aliphatic heterocycles. The molecule has 4 nitrogen and oxygen atoms in total. The van der Waals surface area contributed by atoms with Crippen molar-refractivity contribution in [1.29, 1.82) is 0 Å². The lowest BCUT2D eigenvalue weighted by molar-refractivity contribution is -0.139. The number of benzene rings is 3. The molecule has 0 aromatic heterocycles. The molecule has 0 amide bonds. The Bertz CT molecular complexity index is 1010. The van der Waals surface area contributed by atoms with E-state index in [0.29, 0.717) is 33.2 Å². The number of phenolic OH excluding ortho intramolecular Hbond substituents is 1. The maximum absolute atomic E-state index is 13.5. The van der Waals surface area contributed by atoms with Crippen LogP contribution in [0, 0.1) is 5.82 Å². The zero-order chi connectivity index (χ0) is 20.3. The van der Waals surface area contributed by atoms with Crippen LogP contribution in [0.1, 0.15) is 11.1 Å². The predicted molar refractivity (Wildman–Crippen MR) is 106 cm³/mol. The highest BCUT2D eigenvalue weighted by molar-refractivity contribution is 6.36. The molecule has 3 aromatic rings. The summed E-state index contributed by atoms with van der Waals surface area (Å²) in [6.07, 6.45) is 0.361. The lowest BCUT2D eigenvalue weighted by Crippen LogP contribution is -2.09. The van der Waals surface area contributed by atoms with Crippen LogP contribution in [0.15, 0.2) is 54.6 Å². The molecular formula is C21H15Cl2FO4. The highest BCUT2D eigenvalue weighted by Crippen LogP contribution is 2.35. The third kappa shape index (κ3) is 4.74. The van der Waals surface area contributed by atoms with Gasteiger partial charge >= 0.3 is 5.97 Å². The van der Waals surface area contributed by atoms with Gasteiger partial charge in [-0.05, 0) is 53.1 Å². The molecule has 0 bridgehead atoms. The van der Waals surface area contributed by atoms with E-state index in [1.54, 1.807) is 24.3 Å². The number of hydrogen-bond acceptors (Lipinski definition) is 3. The molecule has 3 rings (SSSR count).